The largest absolute Gasteiger partial charge is 0.413 e. The van der Waals surface area contributed by atoms with Crippen LogP contribution in [0.2, 0.25) is 36.3 Å². The Kier molecular flexibility index (Phi) is 13.9. The van der Waals surface area contributed by atoms with Gasteiger partial charge >= 0.3 is 0 Å². The highest BCUT2D eigenvalue weighted by Gasteiger charge is 2.51. The first-order valence-corrected chi connectivity index (χ1v) is 20.3. The Balaban J connectivity index is 2.36. The third kappa shape index (κ3) is 8.58. The standard InChI is InChI=1S/C31H56O5Si2/c1-10-37(11-2,12-3)35-29(24(7)22-33-23-27-19-17-16-18-20-27)25(8)30(26(9)31-28(21-32)34-31)36-38(13-4,14-5)15-6/h16-21,24-26,28-31H,10-15,22-23H2,1-9H3/t24-,25-,26+,28-,29-,30+,31-/m0/s1. The quantitative estimate of drug-likeness (QED) is 0.0916. The van der Waals surface area contributed by atoms with Crippen LogP contribution in [0, 0.1) is 17.8 Å². The van der Waals surface area contributed by atoms with E-state index in [2.05, 4.69) is 86.6 Å². The second kappa shape index (κ2) is 15.8. The lowest BCUT2D eigenvalue weighted by Crippen LogP contribution is -2.53. The van der Waals surface area contributed by atoms with Gasteiger partial charge in [-0.05, 0) is 41.8 Å². The van der Waals surface area contributed by atoms with Gasteiger partial charge < -0.3 is 23.1 Å². The van der Waals surface area contributed by atoms with E-state index in [4.69, 9.17) is 18.3 Å². The van der Waals surface area contributed by atoms with E-state index in [-0.39, 0.29) is 42.2 Å². The van der Waals surface area contributed by atoms with Crippen molar-refractivity contribution in [1.29, 1.82) is 0 Å². The molecule has 1 aliphatic rings. The molecule has 1 aromatic carbocycles. The molecule has 2 rings (SSSR count). The van der Waals surface area contributed by atoms with Crippen LogP contribution in [0.15, 0.2) is 30.3 Å². The Bertz CT molecular complexity index is 782. The van der Waals surface area contributed by atoms with E-state index in [1.807, 2.05) is 6.07 Å². The van der Waals surface area contributed by atoms with Gasteiger partial charge in [-0.15, -0.1) is 0 Å². The molecule has 0 amide bonds. The van der Waals surface area contributed by atoms with E-state index in [0.29, 0.717) is 13.2 Å². The fourth-order valence-electron chi connectivity index (χ4n) is 6.09. The normalized spacial score (nSPS) is 21.9. The molecular weight excluding hydrogens is 509 g/mol. The number of hydrogen-bond acceptors (Lipinski definition) is 5. The minimum atomic E-state index is -1.91. The van der Waals surface area contributed by atoms with Gasteiger partial charge in [-0.2, -0.15) is 0 Å². The monoisotopic (exact) mass is 564 g/mol. The first-order chi connectivity index (χ1) is 18.2. The molecule has 38 heavy (non-hydrogen) atoms. The highest BCUT2D eigenvalue weighted by atomic mass is 28.4. The van der Waals surface area contributed by atoms with Crippen molar-refractivity contribution < 1.29 is 23.1 Å². The first-order valence-electron chi connectivity index (χ1n) is 15.3. The Hall–Kier alpha value is -0.836. The first kappa shape index (κ1) is 33.4. The van der Waals surface area contributed by atoms with Gasteiger partial charge in [0, 0.05) is 17.8 Å². The zero-order valence-corrected chi connectivity index (χ0v) is 27.7. The lowest BCUT2D eigenvalue weighted by Gasteiger charge is -2.45. The summed E-state index contributed by atoms with van der Waals surface area (Å²) in [6.45, 7) is 21.8. The van der Waals surface area contributed by atoms with Gasteiger partial charge in [0.1, 0.15) is 6.10 Å². The molecular formula is C31H56O5Si2. The molecule has 0 unspecified atom stereocenters. The van der Waals surface area contributed by atoms with Gasteiger partial charge in [-0.3, -0.25) is 0 Å². The van der Waals surface area contributed by atoms with Crippen LogP contribution in [-0.4, -0.2) is 53.9 Å². The number of hydrogen-bond donors (Lipinski definition) is 0. The summed E-state index contributed by atoms with van der Waals surface area (Å²) in [7, 11) is -3.80. The number of epoxide rings is 1. The van der Waals surface area contributed by atoms with Crippen molar-refractivity contribution >= 4 is 22.9 Å². The van der Waals surface area contributed by atoms with Crippen LogP contribution in [-0.2, 0) is 29.7 Å². The highest BCUT2D eigenvalue weighted by Crippen LogP contribution is 2.40. The van der Waals surface area contributed by atoms with Crippen LogP contribution in [0.3, 0.4) is 0 Å². The molecule has 0 aromatic heterocycles. The Labute approximate surface area is 235 Å². The number of carbonyl (C=O) groups excluding carboxylic acids is 1. The summed E-state index contributed by atoms with van der Waals surface area (Å²) in [5.74, 6) is 0.498. The van der Waals surface area contributed by atoms with Crippen molar-refractivity contribution in [2.24, 2.45) is 17.8 Å². The van der Waals surface area contributed by atoms with Crippen LogP contribution in [0.5, 0.6) is 0 Å². The lowest BCUT2D eigenvalue weighted by molar-refractivity contribution is -0.108. The van der Waals surface area contributed by atoms with E-state index in [9.17, 15) is 4.79 Å². The minimum absolute atomic E-state index is 0.0182. The van der Waals surface area contributed by atoms with Crippen LogP contribution < -0.4 is 0 Å². The van der Waals surface area contributed by atoms with Gasteiger partial charge in [0.25, 0.3) is 0 Å². The van der Waals surface area contributed by atoms with Gasteiger partial charge in [0.05, 0.1) is 31.5 Å². The van der Waals surface area contributed by atoms with E-state index in [0.717, 1.165) is 42.6 Å². The fraction of sp³-hybridized carbons (Fsp3) is 0.774. The molecule has 0 bridgehead atoms. The molecule has 218 valence electrons. The molecule has 0 aliphatic carbocycles. The van der Waals surface area contributed by atoms with Crippen molar-refractivity contribution in [3.8, 4) is 0 Å². The van der Waals surface area contributed by atoms with Crippen molar-refractivity contribution in [3.05, 3.63) is 35.9 Å². The molecule has 7 heteroatoms. The van der Waals surface area contributed by atoms with Crippen LogP contribution in [0.25, 0.3) is 0 Å². The average molecular weight is 565 g/mol. The van der Waals surface area contributed by atoms with Gasteiger partial charge in [0.15, 0.2) is 22.9 Å². The van der Waals surface area contributed by atoms with E-state index >= 15 is 0 Å². The molecule has 1 aromatic rings. The number of rotatable bonds is 20. The van der Waals surface area contributed by atoms with E-state index in [1.54, 1.807) is 0 Å². The van der Waals surface area contributed by atoms with Gasteiger partial charge in [-0.1, -0.05) is 92.6 Å². The Morgan fingerprint density at radius 1 is 0.816 bits per heavy atom. The molecule has 0 saturated carbocycles. The summed E-state index contributed by atoms with van der Waals surface area (Å²) in [4.78, 5) is 11.5. The van der Waals surface area contributed by atoms with E-state index < -0.39 is 16.6 Å². The third-order valence-electron chi connectivity index (χ3n) is 9.46. The van der Waals surface area contributed by atoms with Crippen molar-refractivity contribution in [2.45, 2.75) is 130 Å². The number of aldehydes is 1. The maximum Gasteiger partial charge on any atom is 0.192 e. The van der Waals surface area contributed by atoms with Gasteiger partial charge in [-0.25, -0.2) is 0 Å². The molecule has 7 atom stereocenters. The number of benzene rings is 1. The maximum absolute atomic E-state index is 11.5. The summed E-state index contributed by atoms with van der Waals surface area (Å²) < 4.78 is 26.6. The molecule has 0 radical (unpaired) electrons. The second-order valence-electron chi connectivity index (χ2n) is 11.5. The number of ether oxygens (including phenoxy) is 2. The predicted molar refractivity (Wildman–Crippen MR) is 162 cm³/mol. The molecule has 1 saturated heterocycles. The Morgan fingerprint density at radius 2 is 1.32 bits per heavy atom. The molecule has 1 fully saturated rings. The van der Waals surface area contributed by atoms with Crippen LogP contribution in [0.4, 0.5) is 0 Å². The lowest BCUT2D eigenvalue weighted by atomic mass is 9.83. The smallest absolute Gasteiger partial charge is 0.192 e. The van der Waals surface area contributed by atoms with Gasteiger partial charge in [0.2, 0.25) is 0 Å². The van der Waals surface area contributed by atoms with E-state index in [1.165, 1.54) is 5.56 Å². The molecule has 0 N–H and O–H groups in total. The summed E-state index contributed by atoms with van der Waals surface area (Å²) in [5, 5.41) is 0. The molecule has 1 aliphatic heterocycles. The SMILES string of the molecule is CC[Si](CC)(CC)O[C@H]([C@@H](C)[C@@H](O[Si](CC)(CC)CC)[C@@H](C)COCc1ccccc1)[C@@H](C)[C@@H]1O[C@H]1C=O. The number of carbonyl (C=O) groups is 1. The predicted octanol–water partition coefficient (Wildman–Crippen LogP) is 7.86. The van der Waals surface area contributed by atoms with Crippen molar-refractivity contribution in [2.75, 3.05) is 6.61 Å². The zero-order valence-electron chi connectivity index (χ0n) is 25.7. The Morgan fingerprint density at radius 3 is 1.76 bits per heavy atom. The second-order valence-corrected chi connectivity index (χ2v) is 21.0. The topological polar surface area (TPSA) is 57.3 Å². The molecule has 5 nitrogen and oxygen atoms in total. The van der Waals surface area contributed by atoms with Crippen LogP contribution in [0.1, 0.15) is 67.9 Å². The summed E-state index contributed by atoms with van der Waals surface area (Å²) in [6.07, 6.45) is 0.592. The highest BCUT2D eigenvalue weighted by molar-refractivity contribution is 6.74. The molecule has 1 heterocycles. The van der Waals surface area contributed by atoms with Crippen molar-refractivity contribution in [3.63, 3.8) is 0 Å². The maximum atomic E-state index is 11.5. The van der Waals surface area contributed by atoms with Crippen molar-refractivity contribution in [1.82, 2.24) is 0 Å². The zero-order chi connectivity index (χ0) is 28.3. The minimum Gasteiger partial charge on any atom is -0.413 e. The third-order valence-corrected chi connectivity index (χ3v) is 18.7. The van der Waals surface area contributed by atoms with Crippen LogP contribution >= 0.6 is 0 Å². The fourth-order valence-corrected chi connectivity index (χ4v) is 12.1. The molecule has 0 spiro atoms. The summed E-state index contributed by atoms with van der Waals surface area (Å²) >= 11 is 0. The summed E-state index contributed by atoms with van der Waals surface area (Å²) in [5.41, 5.74) is 1.19. The average Bonchev–Trinajstić information content (AvgIpc) is 3.75. The summed E-state index contributed by atoms with van der Waals surface area (Å²) in [6, 6.07) is 17.0.